The molecule has 1 N–H and O–H groups in total. The van der Waals surface area contributed by atoms with Crippen LogP contribution in [0.25, 0.3) is 0 Å². The van der Waals surface area contributed by atoms with Gasteiger partial charge < -0.3 is 19.5 Å². The quantitative estimate of drug-likeness (QED) is 0.173. The number of Topliss-reactive ketones (excluding diaryl/α,β-unsaturated/α-hetero) is 1. The van der Waals surface area contributed by atoms with E-state index >= 15 is 0 Å². The van der Waals surface area contributed by atoms with Crippen molar-refractivity contribution in [2.24, 2.45) is 65.1 Å². The number of aliphatic hydroxyl groups is 1. The van der Waals surface area contributed by atoms with Gasteiger partial charge in [-0.1, -0.05) is 119 Å². The highest BCUT2D eigenvalue weighted by Gasteiger charge is 2.53. The third-order valence-electron chi connectivity index (χ3n) is 15.3. The predicted molar refractivity (Wildman–Crippen MR) is 239 cm³/mol. The first-order valence-electron chi connectivity index (χ1n) is 23.6. The van der Waals surface area contributed by atoms with Gasteiger partial charge >= 0.3 is 5.97 Å². The maximum atomic E-state index is 14.3. The number of amides is 1. The van der Waals surface area contributed by atoms with E-state index in [0.717, 1.165) is 44.1 Å². The Balaban J connectivity index is 2.04. The van der Waals surface area contributed by atoms with Crippen LogP contribution in [0.3, 0.4) is 0 Å². The van der Waals surface area contributed by atoms with Crippen molar-refractivity contribution < 1.29 is 29.0 Å². The van der Waals surface area contributed by atoms with Crippen molar-refractivity contribution >= 4 is 17.7 Å². The van der Waals surface area contributed by atoms with E-state index in [1.54, 1.807) is 6.92 Å². The molecular weight excluding hydrogens is 723 g/mol. The summed E-state index contributed by atoms with van der Waals surface area (Å²) in [6.07, 6.45) is 14.9. The van der Waals surface area contributed by atoms with Crippen LogP contribution in [-0.2, 0) is 23.9 Å². The summed E-state index contributed by atoms with van der Waals surface area (Å²) in [4.78, 5) is 44.0. The van der Waals surface area contributed by atoms with Gasteiger partial charge in [-0.25, -0.2) is 4.79 Å². The smallest absolute Gasteiger partial charge is 0.329 e. The molecule has 3 rings (SSSR count). The fraction of sp³-hybridized carbons (Fsp3) is 0.824. The molecule has 7 heteroatoms. The third kappa shape index (κ3) is 13.4. The molecule has 0 aliphatic carbocycles. The molecule has 0 aromatic carbocycles. The Kier molecular flexibility index (Phi) is 19.5. The summed E-state index contributed by atoms with van der Waals surface area (Å²) in [5.74, 6) is -0.706. The van der Waals surface area contributed by atoms with Crippen molar-refractivity contribution in [3.05, 3.63) is 34.9 Å². The lowest BCUT2D eigenvalue weighted by Crippen LogP contribution is -2.60. The molecule has 0 radical (unpaired) electrons. The zero-order valence-electron chi connectivity index (χ0n) is 39.7. The van der Waals surface area contributed by atoms with E-state index in [9.17, 15) is 19.5 Å². The molecule has 3 heterocycles. The van der Waals surface area contributed by atoms with E-state index in [1.165, 1.54) is 16.0 Å². The second-order valence-electron chi connectivity index (χ2n) is 20.5. The summed E-state index contributed by atoms with van der Waals surface area (Å²) >= 11 is 0. The number of esters is 1. The summed E-state index contributed by atoms with van der Waals surface area (Å²) in [6, 6.07) is -0.900. The Morgan fingerprint density at radius 2 is 1.55 bits per heavy atom. The monoisotopic (exact) mass is 810 g/mol. The van der Waals surface area contributed by atoms with Crippen LogP contribution in [0.4, 0.5) is 0 Å². The van der Waals surface area contributed by atoms with Crippen LogP contribution in [0.5, 0.6) is 0 Å². The molecule has 2 fully saturated rings. The lowest BCUT2D eigenvalue weighted by atomic mass is 9.75. The van der Waals surface area contributed by atoms with Crippen LogP contribution < -0.4 is 0 Å². The standard InChI is InChI=1S/C51H87NO6/c1-16-44-21-23-47(40(12)29-34(6)31(2)3)57-50(55)46-19-17-18-24-52(46)49(54)48(53)51(56)41(13)20-22-45(58-51)30-39(11)42(14)37(9)27-32(4)25-35(7)36(8)26-33(5)28-38(10)43(44)15/h21,26,29,31-35,37-39,41-43,45-47,56H,16-20,22-25,27-28,30H2,1-15H3/b36-26+,40-29+,44-21+. The van der Waals surface area contributed by atoms with E-state index in [4.69, 9.17) is 9.47 Å². The molecule has 7 nitrogen and oxygen atoms in total. The average Bonchev–Trinajstić information content (AvgIpc) is 3.17. The number of carbonyl (C=O) groups is 3. The number of cyclic esters (lactones) is 1. The van der Waals surface area contributed by atoms with E-state index in [-0.39, 0.29) is 12.6 Å². The minimum absolute atomic E-state index is 0.258. The van der Waals surface area contributed by atoms with Crippen LogP contribution in [0.2, 0.25) is 0 Å². The number of ketones is 1. The number of allylic oxidation sites excluding steroid dienone is 4. The van der Waals surface area contributed by atoms with Gasteiger partial charge in [-0.15, -0.1) is 0 Å². The molecule has 14 atom stereocenters. The molecule has 2 saturated heterocycles. The number of rotatable bonds is 4. The first-order valence-corrected chi connectivity index (χ1v) is 23.6. The number of fused-ring (bicyclic) bond motifs is 3. The van der Waals surface area contributed by atoms with E-state index < -0.39 is 41.5 Å². The largest absolute Gasteiger partial charge is 0.456 e. The number of hydrogen-bond donors (Lipinski definition) is 1. The normalized spacial score (nSPS) is 40.4. The van der Waals surface area contributed by atoms with Crippen molar-refractivity contribution in [1.82, 2.24) is 4.90 Å². The van der Waals surface area contributed by atoms with Crippen LogP contribution in [-0.4, -0.2) is 58.2 Å². The lowest BCUT2D eigenvalue weighted by molar-refractivity contribution is -0.265. The molecule has 0 spiro atoms. The van der Waals surface area contributed by atoms with Crippen LogP contribution >= 0.6 is 0 Å². The number of ether oxygens (including phenoxy) is 2. The second kappa shape index (κ2) is 22.6. The van der Waals surface area contributed by atoms with Gasteiger partial charge in [-0.05, 0) is 143 Å². The van der Waals surface area contributed by atoms with Gasteiger partial charge in [0.05, 0.1) is 6.10 Å². The molecule has 1 amide bonds. The maximum absolute atomic E-state index is 14.3. The van der Waals surface area contributed by atoms with Crippen molar-refractivity contribution in [2.45, 2.75) is 199 Å². The van der Waals surface area contributed by atoms with Gasteiger partial charge in [0, 0.05) is 18.9 Å². The minimum Gasteiger partial charge on any atom is -0.456 e. The first kappa shape index (κ1) is 50.1. The van der Waals surface area contributed by atoms with Crippen molar-refractivity contribution in [3.63, 3.8) is 0 Å². The van der Waals surface area contributed by atoms with Gasteiger partial charge in [0.25, 0.3) is 11.7 Å². The van der Waals surface area contributed by atoms with Crippen LogP contribution in [0.15, 0.2) is 34.9 Å². The maximum Gasteiger partial charge on any atom is 0.329 e. The Morgan fingerprint density at radius 3 is 2.19 bits per heavy atom. The third-order valence-corrected chi connectivity index (χ3v) is 15.3. The van der Waals surface area contributed by atoms with Crippen LogP contribution in [0.1, 0.15) is 174 Å². The molecular formula is C51H87NO6. The molecule has 0 saturated carbocycles. The Bertz CT molecular complexity index is 1450. The van der Waals surface area contributed by atoms with E-state index in [1.807, 2.05) is 6.92 Å². The van der Waals surface area contributed by atoms with Gasteiger partial charge in [0.1, 0.15) is 12.1 Å². The van der Waals surface area contributed by atoms with Gasteiger partial charge in [-0.2, -0.15) is 0 Å². The Morgan fingerprint density at radius 1 is 0.897 bits per heavy atom. The number of nitrogens with zero attached hydrogens (tertiary/aromatic N) is 1. The summed E-state index contributed by atoms with van der Waals surface area (Å²) in [6.45, 7) is 34.0. The summed E-state index contributed by atoms with van der Waals surface area (Å²) in [5.41, 5.74) is 3.85. The summed E-state index contributed by atoms with van der Waals surface area (Å²) in [5, 5.41) is 12.0. The van der Waals surface area contributed by atoms with Gasteiger partial charge in [0.2, 0.25) is 5.79 Å². The fourth-order valence-corrected chi connectivity index (χ4v) is 10.1. The number of piperidine rings is 1. The Hall–Kier alpha value is -2.25. The SMILES string of the molecule is CC/C1=C\CC(/C(C)=C/C(C)C(C)C)OC(=O)C2CCCCN2C(=O)C(=O)C2(O)OC(CCC2C)CC(C)C(C)C(C)CC(C)CC(C)/C(C)=C/C(C)CC(C)C1C. The highest BCUT2D eigenvalue weighted by molar-refractivity contribution is 6.39. The van der Waals surface area contributed by atoms with E-state index in [2.05, 4.69) is 108 Å². The molecule has 14 unspecified atom stereocenters. The molecule has 3 aliphatic rings. The second-order valence-corrected chi connectivity index (χ2v) is 20.5. The van der Waals surface area contributed by atoms with E-state index in [0.29, 0.717) is 91.3 Å². The van der Waals surface area contributed by atoms with Crippen molar-refractivity contribution in [2.75, 3.05) is 6.54 Å². The Labute approximate surface area is 355 Å². The molecule has 0 aromatic rings. The highest BCUT2D eigenvalue weighted by Crippen LogP contribution is 2.39. The zero-order chi connectivity index (χ0) is 43.6. The molecule has 2 bridgehead atoms. The average molecular weight is 810 g/mol. The number of carbonyl (C=O) groups excluding carboxylic acids is 3. The summed E-state index contributed by atoms with van der Waals surface area (Å²) < 4.78 is 12.7. The topological polar surface area (TPSA) is 93.1 Å². The highest BCUT2D eigenvalue weighted by atomic mass is 16.6. The van der Waals surface area contributed by atoms with Crippen molar-refractivity contribution in [3.8, 4) is 0 Å². The fourth-order valence-electron chi connectivity index (χ4n) is 10.1. The number of hydrogen-bond acceptors (Lipinski definition) is 6. The van der Waals surface area contributed by atoms with Gasteiger partial charge in [-0.3, -0.25) is 9.59 Å². The summed E-state index contributed by atoms with van der Waals surface area (Å²) in [7, 11) is 0. The minimum atomic E-state index is -2.23. The zero-order valence-corrected chi connectivity index (χ0v) is 39.7. The lowest BCUT2D eigenvalue weighted by Gasteiger charge is -2.43. The molecule has 0 aromatic heterocycles. The van der Waals surface area contributed by atoms with Gasteiger partial charge in [0.15, 0.2) is 0 Å². The molecule has 3 aliphatic heterocycles. The molecule has 332 valence electrons. The van der Waals surface area contributed by atoms with Crippen LogP contribution in [0, 0.1) is 65.1 Å². The molecule has 58 heavy (non-hydrogen) atoms. The van der Waals surface area contributed by atoms with Crippen molar-refractivity contribution in [1.29, 1.82) is 0 Å². The predicted octanol–water partition coefficient (Wildman–Crippen LogP) is 11.9. The first-order chi connectivity index (χ1) is 27.1.